The quantitative estimate of drug-likeness (QED) is 0.649. The predicted molar refractivity (Wildman–Crippen MR) is 73.6 cm³/mol. The molecule has 0 saturated carbocycles. The second-order valence-corrected chi connectivity index (χ2v) is 6.57. The van der Waals surface area contributed by atoms with Crippen molar-refractivity contribution in [1.29, 1.82) is 0 Å². The molecule has 1 aromatic rings. The molecule has 0 N–H and O–H groups in total. The number of alkyl halides is 1. The maximum Gasteiger partial charge on any atom is 0.0440 e. The van der Waals surface area contributed by atoms with Crippen LogP contribution < -0.4 is 0 Å². The molecule has 0 heterocycles. The van der Waals surface area contributed by atoms with Crippen LogP contribution in [0.25, 0.3) is 0 Å². The summed E-state index contributed by atoms with van der Waals surface area (Å²) in [6.45, 7) is 8.58. The topological polar surface area (TPSA) is 0 Å². The van der Waals surface area contributed by atoms with Crippen molar-refractivity contribution in [3.8, 4) is 0 Å². The van der Waals surface area contributed by atoms with Gasteiger partial charge in [0.15, 0.2) is 0 Å². The summed E-state index contributed by atoms with van der Waals surface area (Å²) < 4.78 is 0. The minimum Gasteiger partial charge on any atom is -0.123 e. The van der Waals surface area contributed by atoms with Gasteiger partial charge in [0.05, 0.1) is 0 Å². The standard InChI is InChI=1S/C14H20Cl2/c1-10-5-6-12(13(16)7-10)9-14(3,4)8-11(2)15/h5-7,11H,8-9H2,1-4H3. The molecule has 0 aliphatic heterocycles. The third-order valence-corrected chi connectivity index (χ3v) is 3.22. The van der Waals surface area contributed by atoms with Crippen LogP contribution in [0.1, 0.15) is 38.3 Å². The summed E-state index contributed by atoms with van der Waals surface area (Å²) in [5.41, 5.74) is 2.62. The summed E-state index contributed by atoms with van der Waals surface area (Å²) in [5.74, 6) is 0. The molecule has 0 bridgehead atoms. The van der Waals surface area contributed by atoms with E-state index in [1.54, 1.807) is 0 Å². The van der Waals surface area contributed by atoms with E-state index in [0.717, 1.165) is 17.9 Å². The van der Waals surface area contributed by atoms with Crippen molar-refractivity contribution < 1.29 is 0 Å². The van der Waals surface area contributed by atoms with Crippen LogP contribution in [0.5, 0.6) is 0 Å². The number of halogens is 2. The van der Waals surface area contributed by atoms with Crippen LogP contribution >= 0.6 is 23.2 Å². The molecule has 1 atom stereocenters. The SMILES string of the molecule is Cc1ccc(CC(C)(C)CC(C)Cl)c(Cl)c1. The molecule has 0 radical (unpaired) electrons. The Morgan fingerprint density at radius 1 is 1.31 bits per heavy atom. The lowest BCUT2D eigenvalue weighted by atomic mass is 9.81. The van der Waals surface area contributed by atoms with Crippen LogP contribution in [0.4, 0.5) is 0 Å². The highest BCUT2D eigenvalue weighted by molar-refractivity contribution is 6.31. The van der Waals surface area contributed by atoms with Gasteiger partial charge >= 0.3 is 0 Å². The summed E-state index contributed by atoms with van der Waals surface area (Å²) in [6.07, 6.45) is 1.97. The Balaban J connectivity index is 2.79. The van der Waals surface area contributed by atoms with Gasteiger partial charge in [-0.1, -0.05) is 37.6 Å². The van der Waals surface area contributed by atoms with E-state index in [1.807, 2.05) is 13.0 Å². The first-order chi connectivity index (χ1) is 7.30. The van der Waals surface area contributed by atoms with Crippen molar-refractivity contribution in [2.24, 2.45) is 5.41 Å². The maximum atomic E-state index is 6.24. The van der Waals surface area contributed by atoms with E-state index in [2.05, 4.69) is 32.9 Å². The molecule has 90 valence electrons. The predicted octanol–water partition coefficient (Wildman–Crippen LogP) is 5.23. The van der Waals surface area contributed by atoms with Crippen LogP contribution in [0.3, 0.4) is 0 Å². The summed E-state index contributed by atoms with van der Waals surface area (Å²) >= 11 is 12.3. The van der Waals surface area contributed by atoms with Crippen LogP contribution in [-0.2, 0) is 6.42 Å². The first-order valence-corrected chi connectivity index (χ1v) is 6.51. The van der Waals surface area contributed by atoms with E-state index in [9.17, 15) is 0 Å². The highest BCUT2D eigenvalue weighted by Gasteiger charge is 2.21. The van der Waals surface area contributed by atoms with Gasteiger partial charge in [-0.2, -0.15) is 0 Å². The highest BCUT2D eigenvalue weighted by Crippen LogP contribution is 2.32. The lowest BCUT2D eigenvalue weighted by molar-refractivity contribution is 0.331. The zero-order chi connectivity index (χ0) is 12.3. The monoisotopic (exact) mass is 258 g/mol. The first-order valence-electron chi connectivity index (χ1n) is 5.69. The molecule has 0 aromatic heterocycles. The molecule has 0 saturated heterocycles. The normalized spacial score (nSPS) is 13.9. The average Bonchev–Trinajstić information content (AvgIpc) is 2.07. The lowest BCUT2D eigenvalue weighted by Crippen LogP contribution is -2.19. The van der Waals surface area contributed by atoms with Crippen molar-refractivity contribution in [2.45, 2.75) is 45.9 Å². The summed E-state index contributed by atoms with van der Waals surface area (Å²) in [6, 6.07) is 6.26. The molecular weight excluding hydrogens is 239 g/mol. The Morgan fingerprint density at radius 3 is 2.44 bits per heavy atom. The minimum absolute atomic E-state index is 0.195. The van der Waals surface area contributed by atoms with Crippen molar-refractivity contribution in [2.75, 3.05) is 0 Å². The zero-order valence-corrected chi connectivity index (χ0v) is 12.0. The number of benzene rings is 1. The van der Waals surface area contributed by atoms with Gasteiger partial charge in [-0.15, -0.1) is 11.6 Å². The second-order valence-electron chi connectivity index (χ2n) is 5.42. The smallest absolute Gasteiger partial charge is 0.0440 e. The van der Waals surface area contributed by atoms with E-state index in [-0.39, 0.29) is 10.8 Å². The zero-order valence-electron chi connectivity index (χ0n) is 10.5. The molecule has 0 spiro atoms. The van der Waals surface area contributed by atoms with Crippen LogP contribution in [-0.4, -0.2) is 5.38 Å². The van der Waals surface area contributed by atoms with Crippen molar-refractivity contribution in [3.63, 3.8) is 0 Å². The van der Waals surface area contributed by atoms with E-state index >= 15 is 0 Å². The van der Waals surface area contributed by atoms with Gasteiger partial charge in [0.2, 0.25) is 0 Å². The average molecular weight is 259 g/mol. The van der Waals surface area contributed by atoms with Gasteiger partial charge in [-0.3, -0.25) is 0 Å². The Morgan fingerprint density at radius 2 is 1.94 bits per heavy atom. The molecular formula is C14H20Cl2. The lowest BCUT2D eigenvalue weighted by Gasteiger charge is -2.26. The Kier molecular flexibility index (Phi) is 4.70. The molecule has 0 nitrogen and oxygen atoms in total. The Hall–Kier alpha value is -0.200. The first kappa shape index (κ1) is 13.9. The molecule has 0 fully saturated rings. The van der Waals surface area contributed by atoms with E-state index < -0.39 is 0 Å². The third kappa shape index (κ3) is 4.35. The van der Waals surface area contributed by atoms with Gasteiger partial charge in [0.1, 0.15) is 0 Å². The number of hydrogen-bond acceptors (Lipinski definition) is 0. The van der Waals surface area contributed by atoms with Crippen molar-refractivity contribution >= 4 is 23.2 Å². The van der Waals surface area contributed by atoms with E-state index in [4.69, 9.17) is 23.2 Å². The Bertz CT molecular complexity index is 354. The molecule has 0 amide bonds. The molecule has 2 heteroatoms. The summed E-state index contributed by atoms with van der Waals surface area (Å²) in [7, 11) is 0. The minimum atomic E-state index is 0.195. The number of aryl methyl sites for hydroxylation is 1. The van der Waals surface area contributed by atoms with Crippen molar-refractivity contribution in [3.05, 3.63) is 34.3 Å². The molecule has 1 rings (SSSR count). The van der Waals surface area contributed by atoms with Crippen molar-refractivity contribution in [1.82, 2.24) is 0 Å². The second kappa shape index (κ2) is 5.42. The third-order valence-electron chi connectivity index (χ3n) is 2.71. The Labute approximate surface area is 109 Å². The van der Waals surface area contributed by atoms with Gasteiger partial charge in [-0.25, -0.2) is 0 Å². The number of rotatable bonds is 4. The highest BCUT2D eigenvalue weighted by atomic mass is 35.5. The molecule has 16 heavy (non-hydrogen) atoms. The van der Waals surface area contributed by atoms with E-state index in [1.165, 1.54) is 11.1 Å². The molecule has 1 aromatic carbocycles. The molecule has 0 aliphatic carbocycles. The van der Waals surface area contributed by atoms with E-state index in [0.29, 0.717) is 0 Å². The van der Waals surface area contributed by atoms with Gasteiger partial charge in [0, 0.05) is 10.4 Å². The van der Waals surface area contributed by atoms with Gasteiger partial charge in [0.25, 0.3) is 0 Å². The van der Waals surface area contributed by atoms with Crippen LogP contribution in [0.2, 0.25) is 5.02 Å². The van der Waals surface area contributed by atoms with Gasteiger partial charge < -0.3 is 0 Å². The molecule has 1 unspecified atom stereocenters. The molecule has 0 aliphatic rings. The summed E-state index contributed by atoms with van der Waals surface area (Å²) in [5, 5.41) is 1.08. The van der Waals surface area contributed by atoms with Crippen LogP contribution in [0.15, 0.2) is 18.2 Å². The fourth-order valence-electron chi connectivity index (χ4n) is 2.14. The summed E-state index contributed by atoms with van der Waals surface area (Å²) in [4.78, 5) is 0. The van der Waals surface area contributed by atoms with Gasteiger partial charge in [-0.05, 0) is 49.3 Å². The largest absolute Gasteiger partial charge is 0.123 e. The number of hydrogen-bond donors (Lipinski definition) is 0. The van der Waals surface area contributed by atoms with Crippen LogP contribution in [0, 0.1) is 12.3 Å². The maximum absolute atomic E-state index is 6.24. The fourth-order valence-corrected chi connectivity index (χ4v) is 2.86. The fraction of sp³-hybridized carbons (Fsp3) is 0.571.